The van der Waals surface area contributed by atoms with Gasteiger partial charge in [-0.15, -0.1) is 12.4 Å². The lowest BCUT2D eigenvalue weighted by Crippen LogP contribution is -2.51. The van der Waals surface area contributed by atoms with E-state index in [1.807, 2.05) is 0 Å². The van der Waals surface area contributed by atoms with E-state index in [0.29, 0.717) is 26.2 Å². The van der Waals surface area contributed by atoms with Crippen molar-refractivity contribution >= 4 is 12.4 Å². The zero-order valence-electron chi connectivity index (χ0n) is 13.5. The second kappa shape index (κ2) is 8.75. The lowest BCUT2D eigenvalue weighted by molar-refractivity contribution is -0.119. The molecule has 0 amide bonds. The van der Waals surface area contributed by atoms with Gasteiger partial charge in [-0.1, -0.05) is 0 Å². The first-order valence-corrected chi connectivity index (χ1v) is 7.29. The Morgan fingerprint density at radius 2 is 1.75 bits per heavy atom. The van der Waals surface area contributed by atoms with E-state index in [-0.39, 0.29) is 29.5 Å². The van der Waals surface area contributed by atoms with Crippen LogP contribution in [0.15, 0.2) is 12.1 Å². The molecule has 1 aliphatic heterocycles. The molecule has 1 aromatic carbocycles. The van der Waals surface area contributed by atoms with Gasteiger partial charge in [0.25, 0.3) is 5.92 Å². The fourth-order valence-electron chi connectivity index (χ4n) is 2.80. The Hall–Kier alpha value is -1.22. The number of methoxy groups -OCH3 is 2. The smallest absolute Gasteiger partial charge is 0.290 e. The Balaban J connectivity index is 0.00000288. The minimum Gasteiger partial charge on any atom is -0.493 e. The maximum absolute atomic E-state index is 14.4. The number of piperazine rings is 1. The summed E-state index contributed by atoms with van der Waals surface area (Å²) >= 11 is 0. The summed E-state index contributed by atoms with van der Waals surface area (Å²) in [6.45, 7) is 0.331. The van der Waals surface area contributed by atoms with E-state index in [1.165, 1.54) is 25.2 Å². The van der Waals surface area contributed by atoms with Crippen molar-refractivity contribution in [3.8, 4) is 11.5 Å². The summed E-state index contributed by atoms with van der Waals surface area (Å²) in [6.07, 6.45) is 0. The number of rotatable bonds is 6. The van der Waals surface area contributed by atoms with E-state index in [2.05, 4.69) is 5.32 Å². The van der Waals surface area contributed by atoms with E-state index >= 15 is 0 Å². The molecule has 1 aliphatic rings. The number of alkyl halides is 2. The summed E-state index contributed by atoms with van der Waals surface area (Å²) in [5, 5.41) is 12.2. The van der Waals surface area contributed by atoms with Gasteiger partial charge in [-0.05, 0) is 6.07 Å². The topological polar surface area (TPSA) is 54.0 Å². The highest BCUT2D eigenvalue weighted by Gasteiger charge is 2.45. The molecule has 1 fully saturated rings. The van der Waals surface area contributed by atoms with Crippen LogP contribution in [0.4, 0.5) is 13.2 Å². The normalized spacial score (nSPS) is 17.1. The molecule has 2 rings (SSSR count). The minimum atomic E-state index is -3.49. The third-order valence-electron chi connectivity index (χ3n) is 3.93. The van der Waals surface area contributed by atoms with Gasteiger partial charge in [0.1, 0.15) is 18.5 Å². The molecule has 5 nitrogen and oxygen atoms in total. The summed E-state index contributed by atoms with van der Waals surface area (Å²) < 4.78 is 53.2. The molecule has 2 N–H and O–H groups in total. The van der Waals surface area contributed by atoms with Gasteiger partial charge in [0.15, 0.2) is 11.5 Å². The first kappa shape index (κ1) is 20.8. The lowest BCUT2D eigenvalue weighted by Gasteiger charge is -2.39. The summed E-state index contributed by atoms with van der Waals surface area (Å²) in [5.41, 5.74) is -0.219. The van der Waals surface area contributed by atoms with E-state index in [9.17, 15) is 13.2 Å². The molecule has 0 spiro atoms. The number of ether oxygens (including phenoxy) is 2. The van der Waals surface area contributed by atoms with Crippen LogP contribution in [0.25, 0.3) is 0 Å². The van der Waals surface area contributed by atoms with Crippen LogP contribution in [-0.2, 0) is 0 Å². The van der Waals surface area contributed by atoms with Gasteiger partial charge in [0.05, 0.1) is 14.2 Å². The van der Waals surface area contributed by atoms with E-state index in [4.69, 9.17) is 14.6 Å². The molecule has 24 heavy (non-hydrogen) atoms. The fraction of sp³-hybridized carbons (Fsp3) is 0.600. The van der Waals surface area contributed by atoms with E-state index in [0.717, 1.165) is 6.07 Å². The molecule has 0 bridgehead atoms. The first-order valence-electron chi connectivity index (χ1n) is 7.29. The number of hydrogen-bond donors (Lipinski definition) is 2. The Kier molecular flexibility index (Phi) is 7.59. The second-order valence-corrected chi connectivity index (χ2v) is 5.34. The van der Waals surface area contributed by atoms with Crippen molar-refractivity contribution in [2.45, 2.75) is 12.0 Å². The number of benzene rings is 1. The van der Waals surface area contributed by atoms with Gasteiger partial charge in [-0.3, -0.25) is 4.90 Å². The average Bonchev–Trinajstić information content (AvgIpc) is 2.57. The summed E-state index contributed by atoms with van der Waals surface area (Å²) in [6, 6.07) is 0.663. The SMILES string of the molecule is COc1cc(F)c([C@H](N2CCNCC2)C(F)(F)CO)cc1OC.Cl. The summed E-state index contributed by atoms with van der Waals surface area (Å²) in [5.74, 6) is -4.02. The van der Waals surface area contributed by atoms with Gasteiger partial charge < -0.3 is 19.9 Å². The van der Waals surface area contributed by atoms with E-state index in [1.54, 1.807) is 0 Å². The van der Waals surface area contributed by atoms with Crippen LogP contribution >= 0.6 is 12.4 Å². The third-order valence-corrected chi connectivity index (χ3v) is 3.93. The zero-order valence-corrected chi connectivity index (χ0v) is 14.3. The maximum Gasteiger partial charge on any atom is 0.290 e. The molecule has 0 unspecified atom stereocenters. The highest BCUT2D eigenvalue weighted by Crippen LogP contribution is 2.41. The molecule has 1 atom stereocenters. The lowest BCUT2D eigenvalue weighted by atomic mass is 9.97. The molecule has 9 heteroatoms. The van der Waals surface area contributed by atoms with Crippen molar-refractivity contribution in [1.82, 2.24) is 10.2 Å². The number of aliphatic hydroxyl groups excluding tert-OH is 1. The van der Waals surface area contributed by atoms with Gasteiger partial charge in [-0.2, -0.15) is 0 Å². The molecule has 1 aromatic rings. The third kappa shape index (κ3) is 4.24. The Labute approximate surface area is 145 Å². The number of nitrogens with one attached hydrogen (secondary N) is 1. The van der Waals surface area contributed by atoms with Crippen LogP contribution in [-0.4, -0.2) is 62.9 Å². The van der Waals surface area contributed by atoms with Crippen LogP contribution < -0.4 is 14.8 Å². The van der Waals surface area contributed by atoms with Crippen LogP contribution in [0.5, 0.6) is 11.5 Å². The number of nitrogens with zero attached hydrogens (tertiary/aromatic N) is 1. The quantitative estimate of drug-likeness (QED) is 0.800. The van der Waals surface area contributed by atoms with Crippen molar-refractivity contribution < 1.29 is 27.8 Å². The van der Waals surface area contributed by atoms with Crippen LogP contribution in [0.3, 0.4) is 0 Å². The number of hydrogen-bond acceptors (Lipinski definition) is 5. The summed E-state index contributed by atoms with van der Waals surface area (Å²) in [4.78, 5) is 1.47. The van der Waals surface area contributed by atoms with Gasteiger partial charge >= 0.3 is 0 Å². The molecule has 0 aromatic heterocycles. The maximum atomic E-state index is 14.4. The van der Waals surface area contributed by atoms with Gasteiger partial charge in [0.2, 0.25) is 0 Å². The predicted octanol–water partition coefficient (Wildman–Crippen LogP) is 1.84. The number of halogens is 4. The van der Waals surface area contributed by atoms with Crippen molar-refractivity contribution in [3.63, 3.8) is 0 Å². The standard InChI is InChI=1S/C15H21F3N2O3.ClH/c1-22-12-7-10(11(16)8-13(12)23-2)14(15(17,18)9-21)20-5-3-19-4-6-20;/h7-8,14,19,21H,3-6,9H2,1-2H3;1H/t14-;/m0./s1. The minimum absolute atomic E-state index is 0. The van der Waals surface area contributed by atoms with Gasteiger partial charge in [-0.25, -0.2) is 13.2 Å². The fourth-order valence-corrected chi connectivity index (χ4v) is 2.80. The predicted molar refractivity (Wildman–Crippen MR) is 86.0 cm³/mol. The Morgan fingerprint density at radius 3 is 2.25 bits per heavy atom. The average molecular weight is 371 g/mol. The number of aliphatic hydroxyl groups is 1. The van der Waals surface area contributed by atoms with Crippen LogP contribution in [0.2, 0.25) is 0 Å². The molecular formula is C15H22ClF3N2O3. The zero-order chi connectivity index (χ0) is 17.0. The Morgan fingerprint density at radius 1 is 1.21 bits per heavy atom. The molecule has 0 saturated carbocycles. The molecular weight excluding hydrogens is 349 g/mol. The van der Waals surface area contributed by atoms with Crippen LogP contribution in [0, 0.1) is 5.82 Å². The van der Waals surface area contributed by atoms with Crippen molar-refractivity contribution in [3.05, 3.63) is 23.5 Å². The van der Waals surface area contributed by atoms with Crippen molar-refractivity contribution in [2.75, 3.05) is 47.0 Å². The molecule has 138 valence electrons. The molecule has 1 saturated heterocycles. The summed E-state index contributed by atoms with van der Waals surface area (Å²) in [7, 11) is 2.69. The first-order chi connectivity index (χ1) is 10.9. The Bertz CT molecular complexity index is 543. The molecule has 1 heterocycles. The highest BCUT2D eigenvalue weighted by atomic mass is 35.5. The van der Waals surface area contributed by atoms with E-state index < -0.39 is 24.4 Å². The van der Waals surface area contributed by atoms with Crippen molar-refractivity contribution in [2.24, 2.45) is 0 Å². The molecule has 0 aliphatic carbocycles. The van der Waals surface area contributed by atoms with Gasteiger partial charge in [0, 0.05) is 37.8 Å². The van der Waals surface area contributed by atoms with Crippen molar-refractivity contribution in [1.29, 1.82) is 0 Å². The van der Waals surface area contributed by atoms with Crippen LogP contribution in [0.1, 0.15) is 11.6 Å². The second-order valence-electron chi connectivity index (χ2n) is 5.34. The molecule has 0 radical (unpaired) electrons. The monoisotopic (exact) mass is 370 g/mol. The largest absolute Gasteiger partial charge is 0.493 e. The highest BCUT2D eigenvalue weighted by molar-refractivity contribution is 5.85.